The van der Waals surface area contributed by atoms with Crippen LogP contribution in [0.3, 0.4) is 0 Å². The average Bonchev–Trinajstić information content (AvgIpc) is 2.90. The molecule has 4 rings (SSSR count). The maximum atomic E-state index is 13.2. The first-order chi connectivity index (χ1) is 14.4. The van der Waals surface area contributed by atoms with Gasteiger partial charge in [0.15, 0.2) is 0 Å². The number of benzene rings is 2. The minimum atomic E-state index is -0.356. The molecule has 0 bridgehead atoms. The highest BCUT2D eigenvalue weighted by Crippen LogP contribution is 2.26. The summed E-state index contributed by atoms with van der Waals surface area (Å²) in [4.78, 5) is 17.2. The van der Waals surface area contributed by atoms with E-state index in [0.717, 1.165) is 18.7 Å². The zero-order chi connectivity index (χ0) is 21.3. The molecule has 2 heterocycles. The second kappa shape index (κ2) is 8.44. The van der Waals surface area contributed by atoms with Crippen LogP contribution in [0.25, 0.3) is 5.69 Å². The van der Waals surface area contributed by atoms with E-state index >= 15 is 0 Å². The van der Waals surface area contributed by atoms with Gasteiger partial charge in [-0.05, 0) is 61.9 Å². The normalized spacial score (nSPS) is 14.7. The van der Waals surface area contributed by atoms with E-state index in [1.807, 2.05) is 0 Å². The molecule has 8 heteroatoms. The number of aryl methyl sites for hydroxylation is 1. The summed E-state index contributed by atoms with van der Waals surface area (Å²) >= 11 is 6.51. The molecule has 0 spiro atoms. The molecule has 0 N–H and O–H groups in total. The van der Waals surface area contributed by atoms with Gasteiger partial charge in [-0.2, -0.15) is 5.10 Å². The molecular weight excluding hydrogens is 410 g/mol. The Morgan fingerprint density at radius 3 is 2.13 bits per heavy atom. The molecule has 1 aliphatic rings. The maximum absolute atomic E-state index is 13.2. The highest BCUT2D eigenvalue weighted by Gasteiger charge is 2.27. The van der Waals surface area contributed by atoms with Gasteiger partial charge in [-0.15, -0.1) is 0 Å². The van der Waals surface area contributed by atoms with E-state index in [9.17, 15) is 13.6 Å². The molecule has 0 radical (unpaired) electrons. The van der Waals surface area contributed by atoms with Gasteiger partial charge >= 0.3 is 0 Å². The number of aromatic nitrogens is 2. The van der Waals surface area contributed by atoms with Crippen molar-refractivity contribution in [1.29, 1.82) is 0 Å². The van der Waals surface area contributed by atoms with E-state index in [-0.39, 0.29) is 22.7 Å². The minimum Gasteiger partial charge on any atom is -0.370 e. The topological polar surface area (TPSA) is 41.4 Å². The van der Waals surface area contributed by atoms with E-state index in [4.69, 9.17) is 11.6 Å². The largest absolute Gasteiger partial charge is 0.370 e. The molecule has 1 amide bonds. The lowest BCUT2D eigenvalue weighted by Crippen LogP contribution is -2.35. The predicted octanol–water partition coefficient (Wildman–Crippen LogP) is 4.46. The number of hydrogen-bond acceptors (Lipinski definition) is 3. The number of hydrogen-bond donors (Lipinski definition) is 0. The average molecular weight is 431 g/mol. The van der Waals surface area contributed by atoms with Crippen LogP contribution in [0.4, 0.5) is 14.5 Å². The molecule has 0 atom stereocenters. The van der Waals surface area contributed by atoms with Gasteiger partial charge in [-0.1, -0.05) is 11.6 Å². The zero-order valence-corrected chi connectivity index (χ0v) is 17.2. The molecule has 156 valence electrons. The molecule has 3 aromatic rings. The maximum Gasteiger partial charge on any atom is 0.258 e. The molecule has 1 aliphatic heterocycles. The smallest absolute Gasteiger partial charge is 0.258 e. The number of anilines is 1. The second-order valence-corrected chi connectivity index (χ2v) is 7.61. The number of nitrogens with zero attached hydrogens (tertiary/aromatic N) is 4. The first kappa shape index (κ1) is 20.3. The molecule has 1 saturated heterocycles. The van der Waals surface area contributed by atoms with Gasteiger partial charge in [0.25, 0.3) is 5.91 Å². The van der Waals surface area contributed by atoms with Crippen LogP contribution < -0.4 is 4.90 Å². The Bertz CT molecular complexity index is 1050. The first-order valence-corrected chi connectivity index (χ1v) is 10.1. The van der Waals surface area contributed by atoms with Crippen molar-refractivity contribution in [2.24, 2.45) is 0 Å². The number of halogens is 3. The Morgan fingerprint density at radius 2 is 1.50 bits per heavy atom. The summed E-state index contributed by atoms with van der Waals surface area (Å²) < 4.78 is 27.9. The van der Waals surface area contributed by atoms with E-state index in [0.29, 0.717) is 36.6 Å². The summed E-state index contributed by atoms with van der Waals surface area (Å²) in [6, 6.07) is 12.2. The van der Waals surface area contributed by atoms with Gasteiger partial charge in [0.05, 0.1) is 16.9 Å². The third-order valence-electron chi connectivity index (χ3n) is 5.26. The van der Waals surface area contributed by atoms with Gasteiger partial charge in [0.2, 0.25) is 0 Å². The van der Waals surface area contributed by atoms with Crippen molar-refractivity contribution in [2.45, 2.75) is 13.3 Å². The Hall–Kier alpha value is -2.93. The summed E-state index contributed by atoms with van der Waals surface area (Å²) in [7, 11) is 0. The van der Waals surface area contributed by atoms with Crippen molar-refractivity contribution in [3.05, 3.63) is 76.6 Å². The van der Waals surface area contributed by atoms with Crippen LogP contribution in [0.15, 0.2) is 48.5 Å². The van der Waals surface area contributed by atoms with Crippen molar-refractivity contribution >= 4 is 23.2 Å². The second-order valence-electron chi connectivity index (χ2n) is 7.25. The molecule has 0 saturated carbocycles. The van der Waals surface area contributed by atoms with Crippen LogP contribution in [0.1, 0.15) is 22.5 Å². The molecule has 2 aromatic carbocycles. The first-order valence-electron chi connectivity index (χ1n) is 9.75. The summed E-state index contributed by atoms with van der Waals surface area (Å²) in [5, 5.41) is 4.60. The van der Waals surface area contributed by atoms with Crippen molar-refractivity contribution in [3.8, 4) is 5.69 Å². The van der Waals surface area contributed by atoms with E-state index in [1.54, 1.807) is 36.1 Å². The summed E-state index contributed by atoms with van der Waals surface area (Å²) in [5.41, 5.74) is 2.40. The van der Waals surface area contributed by atoms with Gasteiger partial charge in [0, 0.05) is 31.9 Å². The number of carbonyl (C=O) groups excluding carboxylic acids is 1. The lowest BCUT2D eigenvalue weighted by molar-refractivity contribution is 0.0766. The highest BCUT2D eigenvalue weighted by molar-refractivity contribution is 6.33. The Morgan fingerprint density at radius 1 is 0.900 bits per heavy atom. The summed E-state index contributed by atoms with van der Waals surface area (Å²) in [6.07, 6.45) is 0.784. The van der Waals surface area contributed by atoms with Crippen molar-refractivity contribution in [3.63, 3.8) is 0 Å². The molecule has 5 nitrogen and oxygen atoms in total. The SMILES string of the molecule is Cc1nn(-c2ccc(F)cc2)c(Cl)c1C(=O)N1CCCN(c2ccc(F)cc2)CC1. The monoisotopic (exact) mass is 430 g/mol. The van der Waals surface area contributed by atoms with Crippen LogP contribution in [-0.2, 0) is 0 Å². The van der Waals surface area contributed by atoms with Crippen molar-refractivity contribution < 1.29 is 13.6 Å². The Balaban J connectivity index is 1.53. The fourth-order valence-electron chi connectivity index (χ4n) is 3.68. The van der Waals surface area contributed by atoms with Crippen molar-refractivity contribution in [2.75, 3.05) is 31.1 Å². The quantitative estimate of drug-likeness (QED) is 0.615. The molecule has 0 unspecified atom stereocenters. The number of amides is 1. The molecular formula is C22H21ClF2N4O. The van der Waals surface area contributed by atoms with Crippen LogP contribution >= 0.6 is 11.6 Å². The van der Waals surface area contributed by atoms with E-state index in [2.05, 4.69) is 10.00 Å². The van der Waals surface area contributed by atoms with Crippen LogP contribution in [0, 0.1) is 18.6 Å². The number of carbonyl (C=O) groups is 1. The number of rotatable bonds is 3. The van der Waals surface area contributed by atoms with Gasteiger partial charge in [0.1, 0.15) is 16.8 Å². The Labute approximate surface area is 178 Å². The zero-order valence-electron chi connectivity index (χ0n) is 16.5. The van der Waals surface area contributed by atoms with E-state index in [1.165, 1.54) is 28.9 Å². The van der Waals surface area contributed by atoms with Crippen molar-refractivity contribution in [1.82, 2.24) is 14.7 Å². The fourth-order valence-corrected chi connectivity index (χ4v) is 4.04. The van der Waals surface area contributed by atoms with Gasteiger partial charge in [-0.3, -0.25) is 4.79 Å². The van der Waals surface area contributed by atoms with Crippen LogP contribution in [0.2, 0.25) is 5.15 Å². The molecule has 1 fully saturated rings. The lowest BCUT2D eigenvalue weighted by atomic mass is 10.2. The standard InChI is InChI=1S/C22H21ClF2N4O/c1-15-20(21(23)29(26-15)19-9-5-17(25)6-10-19)22(30)28-12-2-11-27(13-14-28)18-7-3-16(24)4-8-18/h3-10H,2,11-14H2,1H3. The van der Waals surface area contributed by atoms with Gasteiger partial charge in [-0.25, -0.2) is 13.5 Å². The molecule has 30 heavy (non-hydrogen) atoms. The summed E-state index contributed by atoms with van der Waals surface area (Å²) in [6.45, 7) is 4.26. The predicted molar refractivity (Wildman–Crippen MR) is 112 cm³/mol. The van der Waals surface area contributed by atoms with E-state index < -0.39 is 0 Å². The third kappa shape index (κ3) is 4.03. The highest BCUT2D eigenvalue weighted by atomic mass is 35.5. The lowest BCUT2D eigenvalue weighted by Gasteiger charge is -2.23. The molecule has 0 aliphatic carbocycles. The minimum absolute atomic E-state index is 0.174. The molecule has 1 aromatic heterocycles. The van der Waals surface area contributed by atoms with Gasteiger partial charge < -0.3 is 9.80 Å². The summed E-state index contributed by atoms with van der Waals surface area (Å²) in [5.74, 6) is -0.800. The van der Waals surface area contributed by atoms with Crippen LogP contribution in [-0.4, -0.2) is 46.8 Å². The third-order valence-corrected chi connectivity index (χ3v) is 5.61. The van der Waals surface area contributed by atoms with Crippen LogP contribution in [0.5, 0.6) is 0 Å². The fraction of sp³-hybridized carbons (Fsp3) is 0.273. The Kier molecular flexibility index (Phi) is 5.72.